The van der Waals surface area contributed by atoms with Gasteiger partial charge >= 0.3 is 5.97 Å². The number of carbonyl (C=O) groups is 1. The number of thiophene rings is 1. The molecule has 22 heavy (non-hydrogen) atoms. The SMILES string of the molecule is C/C(=N/NC(=S)Nc1ccccc1C)c1ccc(C(=O)O)s1. The summed E-state index contributed by atoms with van der Waals surface area (Å²) in [5.41, 5.74) is 5.43. The third kappa shape index (κ3) is 4.12. The van der Waals surface area contributed by atoms with Crippen LogP contribution in [0.3, 0.4) is 0 Å². The van der Waals surface area contributed by atoms with Gasteiger partial charge in [-0.05, 0) is 49.8 Å². The van der Waals surface area contributed by atoms with Crippen molar-refractivity contribution in [2.75, 3.05) is 5.32 Å². The Bertz CT molecular complexity index is 738. The lowest BCUT2D eigenvalue weighted by atomic mass is 10.2. The van der Waals surface area contributed by atoms with Crippen LogP contribution in [0.25, 0.3) is 0 Å². The summed E-state index contributed by atoms with van der Waals surface area (Å²) in [5, 5.41) is 16.5. The fourth-order valence-electron chi connectivity index (χ4n) is 1.70. The van der Waals surface area contributed by atoms with Crippen molar-refractivity contribution < 1.29 is 9.90 Å². The second kappa shape index (κ2) is 7.15. The number of anilines is 1. The smallest absolute Gasteiger partial charge is 0.345 e. The van der Waals surface area contributed by atoms with E-state index in [1.807, 2.05) is 31.2 Å². The summed E-state index contributed by atoms with van der Waals surface area (Å²) in [7, 11) is 0. The number of carboxylic acids is 1. The first kappa shape index (κ1) is 16.1. The van der Waals surface area contributed by atoms with Crippen LogP contribution in [0, 0.1) is 6.92 Å². The third-order valence-electron chi connectivity index (χ3n) is 2.89. The van der Waals surface area contributed by atoms with Crippen molar-refractivity contribution in [1.82, 2.24) is 5.43 Å². The highest BCUT2D eigenvalue weighted by molar-refractivity contribution is 7.80. The Balaban J connectivity index is 1.99. The van der Waals surface area contributed by atoms with Crippen LogP contribution >= 0.6 is 23.6 Å². The molecule has 0 radical (unpaired) electrons. The molecule has 0 spiro atoms. The molecule has 7 heteroatoms. The lowest BCUT2D eigenvalue weighted by Crippen LogP contribution is -2.25. The number of hydrazone groups is 1. The predicted molar refractivity (Wildman–Crippen MR) is 94.0 cm³/mol. The molecule has 0 aliphatic heterocycles. The zero-order valence-electron chi connectivity index (χ0n) is 12.1. The Morgan fingerprint density at radius 2 is 1.91 bits per heavy atom. The molecule has 0 saturated carbocycles. The minimum atomic E-state index is -0.936. The molecule has 1 aromatic heterocycles. The van der Waals surface area contributed by atoms with Gasteiger partial charge in [0.1, 0.15) is 4.88 Å². The van der Waals surface area contributed by atoms with E-state index in [2.05, 4.69) is 15.8 Å². The summed E-state index contributed by atoms with van der Waals surface area (Å²) in [6, 6.07) is 11.1. The maximum absolute atomic E-state index is 10.9. The predicted octanol–water partition coefficient (Wildman–Crippen LogP) is 3.47. The minimum absolute atomic E-state index is 0.283. The fraction of sp³-hybridized carbons (Fsp3) is 0.133. The van der Waals surface area contributed by atoms with Crippen LogP contribution in [-0.2, 0) is 0 Å². The molecule has 0 fully saturated rings. The fourth-order valence-corrected chi connectivity index (χ4v) is 2.65. The van der Waals surface area contributed by atoms with Crippen LogP contribution in [0.1, 0.15) is 27.0 Å². The summed E-state index contributed by atoms with van der Waals surface area (Å²) < 4.78 is 0. The Morgan fingerprint density at radius 3 is 2.55 bits per heavy atom. The maximum atomic E-state index is 10.9. The topological polar surface area (TPSA) is 73.7 Å². The van der Waals surface area contributed by atoms with Gasteiger partial charge in [-0.2, -0.15) is 5.10 Å². The summed E-state index contributed by atoms with van der Waals surface area (Å²) in [4.78, 5) is 11.9. The second-order valence-electron chi connectivity index (χ2n) is 4.55. The highest BCUT2D eigenvalue weighted by atomic mass is 32.1. The van der Waals surface area contributed by atoms with Crippen LogP contribution in [0.2, 0.25) is 0 Å². The van der Waals surface area contributed by atoms with Crippen molar-refractivity contribution in [1.29, 1.82) is 0 Å². The van der Waals surface area contributed by atoms with E-state index in [4.69, 9.17) is 17.3 Å². The number of hydrogen-bond acceptors (Lipinski definition) is 4. The minimum Gasteiger partial charge on any atom is -0.477 e. The number of aromatic carboxylic acids is 1. The van der Waals surface area contributed by atoms with Gasteiger partial charge in [0, 0.05) is 5.69 Å². The quantitative estimate of drug-likeness (QED) is 0.454. The average molecular weight is 333 g/mol. The summed E-state index contributed by atoms with van der Waals surface area (Å²) in [5.74, 6) is -0.936. The maximum Gasteiger partial charge on any atom is 0.345 e. The highest BCUT2D eigenvalue weighted by Gasteiger charge is 2.08. The first-order valence-electron chi connectivity index (χ1n) is 6.48. The van der Waals surface area contributed by atoms with Crippen molar-refractivity contribution in [3.8, 4) is 0 Å². The van der Waals surface area contributed by atoms with Crippen LogP contribution in [0.5, 0.6) is 0 Å². The van der Waals surface area contributed by atoms with E-state index >= 15 is 0 Å². The van der Waals surface area contributed by atoms with Crippen molar-refractivity contribution in [2.24, 2.45) is 5.10 Å². The molecule has 0 aliphatic rings. The average Bonchev–Trinajstić information content (AvgIpc) is 2.97. The monoisotopic (exact) mass is 333 g/mol. The number of para-hydroxylation sites is 1. The zero-order valence-corrected chi connectivity index (χ0v) is 13.7. The van der Waals surface area contributed by atoms with Gasteiger partial charge in [0.15, 0.2) is 5.11 Å². The zero-order chi connectivity index (χ0) is 16.1. The number of benzene rings is 1. The van der Waals surface area contributed by atoms with Crippen molar-refractivity contribution >= 4 is 46.0 Å². The number of hydrogen-bond donors (Lipinski definition) is 3. The normalized spacial score (nSPS) is 11.1. The molecule has 1 aromatic carbocycles. The molecule has 0 atom stereocenters. The first-order chi connectivity index (χ1) is 10.5. The molecule has 1 heterocycles. The number of nitrogens with one attached hydrogen (secondary N) is 2. The molecule has 114 valence electrons. The van der Waals surface area contributed by atoms with Gasteiger partial charge < -0.3 is 10.4 Å². The van der Waals surface area contributed by atoms with Crippen LogP contribution in [-0.4, -0.2) is 21.9 Å². The van der Waals surface area contributed by atoms with Gasteiger partial charge in [-0.3, -0.25) is 5.43 Å². The third-order valence-corrected chi connectivity index (χ3v) is 4.27. The molecule has 0 bridgehead atoms. The van der Waals surface area contributed by atoms with Gasteiger partial charge in [-0.25, -0.2) is 4.79 Å². The van der Waals surface area contributed by atoms with Gasteiger partial charge in [-0.15, -0.1) is 11.3 Å². The largest absolute Gasteiger partial charge is 0.477 e. The van der Waals surface area contributed by atoms with E-state index < -0.39 is 5.97 Å². The van der Waals surface area contributed by atoms with Gasteiger partial charge in [0.25, 0.3) is 0 Å². The molecule has 0 unspecified atom stereocenters. The van der Waals surface area contributed by atoms with Crippen molar-refractivity contribution in [2.45, 2.75) is 13.8 Å². The number of carboxylic acid groups (broad SMARTS) is 1. The second-order valence-corrected chi connectivity index (χ2v) is 6.04. The molecule has 0 saturated heterocycles. The molecule has 0 amide bonds. The Hall–Kier alpha value is -2.25. The lowest BCUT2D eigenvalue weighted by molar-refractivity contribution is 0.0702. The Labute approximate surface area is 137 Å². The van der Waals surface area contributed by atoms with Crippen LogP contribution in [0.4, 0.5) is 5.69 Å². The molecular weight excluding hydrogens is 318 g/mol. The van der Waals surface area contributed by atoms with Gasteiger partial charge in [-0.1, -0.05) is 18.2 Å². The Kier molecular flexibility index (Phi) is 5.24. The molecule has 0 aliphatic carbocycles. The Morgan fingerprint density at radius 1 is 1.23 bits per heavy atom. The van der Waals surface area contributed by atoms with E-state index in [0.717, 1.165) is 16.1 Å². The summed E-state index contributed by atoms with van der Waals surface area (Å²) in [6.45, 7) is 3.78. The van der Waals surface area contributed by atoms with Crippen LogP contribution in [0.15, 0.2) is 41.5 Å². The number of thiocarbonyl (C=S) groups is 1. The first-order valence-corrected chi connectivity index (χ1v) is 7.70. The number of nitrogens with zero attached hydrogens (tertiary/aromatic N) is 1. The highest BCUT2D eigenvalue weighted by Crippen LogP contribution is 2.17. The van der Waals surface area contributed by atoms with E-state index in [9.17, 15) is 4.79 Å². The van der Waals surface area contributed by atoms with Crippen molar-refractivity contribution in [3.05, 3.63) is 51.7 Å². The lowest BCUT2D eigenvalue weighted by Gasteiger charge is -2.09. The summed E-state index contributed by atoms with van der Waals surface area (Å²) >= 11 is 6.36. The van der Waals surface area contributed by atoms with E-state index in [0.29, 0.717) is 10.8 Å². The molecular formula is C15H15N3O2S2. The van der Waals surface area contributed by atoms with Crippen molar-refractivity contribution in [3.63, 3.8) is 0 Å². The standard InChI is InChI=1S/C15H15N3O2S2/c1-9-5-3-4-6-11(9)16-15(21)18-17-10(2)12-7-8-13(22-12)14(19)20/h3-8H,1-2H3,(H,19,20)(H2,16,18,21)/b17-10-. The molecule has 3 N–H and O–H groups in total. The molecule has 5 nitrogen and oxygen atoms in total. The number of aryl methyl sites for hydroxylation is 1. The summed E-state index contributed by atoms with van der Waals surface area (Å²) in [6.07, 6.45) is 0. The number of rotatable bonds is 4. The molecule has 2 rings (SSSR count). The molecule has 2 aromatic rings. The van der Waals surface area contributed by atoms with Gasteiger partial charge in [0.2, 0.25) is 0 Å². The van der Waals surface area contributed by atoms with E-state index in [1.165, 1.54) is 11.3 Å². The van der Waals surface area contributed by atoms with Crippen LogP contribution < -0.4 is 10.7 Å². The van der Waals surface area contributed by atoms with E-state index in [1.54, 1.807) is 19.1 Å². The van der Waals surface area contributed by atoms with Gasteiger partial charge in [0.05, 0.1) is 10.6 Å². The van der Waals surface area contributed by atoms with E-state index in [-0.39, 0.29) is 4.88 Å².